The first kappa shape index (κ1) is 36.6. The van der Waals surface area contributed by atoms with Gasteiger partial charge in [-0.25, -0.2) is 14.1 Å². The summed E-state index contributed by atoms with van der Waals surface area (Å²) in [5.74, 6) is -0.155. The Bertz CT molecular complexity index is 1590. The third-order valence-electron chi connectivity index (χ3n) is 8.55. The molecule has 10 nitrogen and oxygen atoms in total. The molecular weight excluding hydrogens is 621 g/mol. The topological polar surface area (TPSA) is 121 Å². The fourth-order valence-corrected chi connectivity index (χ4v) is 7.91. The Labute approximate surface area is 280 Å². The second-order valence-corrected chi connectivity index (χ2v) is 17.6. The van der Waals surface area contributed by atoms with E-state index in [0.29, 0.717) is 61.2 Å². The van der Waals surface area contributed by atoms with E-state index in [1.165, 1.54) is 16.4 Å². The highest BCUT2D eigenvalue weighted by molar-refractivity contribution is 7.87. The lowest BCUT2D eigenvalue weighted by atomic mass is 9.89. The summed E-state index contributed by atoms with van der Waals surface area (Å²) >= 11 is 0. The Kier molecular flexibility index (Phi) is 10.7. The van der Waals surface area contributed by atoms with E-state index in [4.69, 9.17) is 9.72 Å². The van der Waals surface area contributed by atoms with Gasteiger partial charge in [0.2, 0.25) is 5.91 Å². The SMILES string of the molecule is CC(C)COc1cc(F)cc(-c2ccc(C(=O)NS(=O)(=O)N3CCCC(C)(NC(=O)CC(C)(C)C)C3)c(N3CC(C)CC3(C)C)n2)c1. The summed E-state index contributed by atoms with van der Waals surface area (Å²) in [7, 11) is -4.27. The second kappa shape index (κ2) is 13.7. The van der Waals surface area contributed by atoms with Crippen molar-refractivity contribution < 1.29 is 27.1 Å². The maximum absolute atomic E-state index is 14.7. The zero-order valence-corrected chi connectivity index (χ0v) is 30.2. The number of carbonyl (C=O) groups excluding carboxylic acids is 2. The molecule has 2 amide bonds. The quantitative estimate of drug-likeness (QED) is 0.321. The molecule has 2 aromatic rings. The standard InChI is InChI=1S/C35H52FN5O5S/c1-23(2)21-46-27-16-25(15-26(36)17-27)29-12-11-28(31(37-29)41-20-24(3)18-34(41,7)8)32(43)39-47(44,45)40-14-10-13-35(9,22-40)38-30(42)19-33(4,5)6/h11-12,15-17,23-24H,10,13-14,18-22H2,1-9H3,(H,38,42)(H,39,43). The van der Waals surface area contributed by atoms with Crippen LogP contribution in [0.15, 0.2) is 30.3 Å². The number of hydrogen-bond donors (Lipinski definition) is 2. The summed E-state index contributed by atoms with van der Waals surface area (Å²) in [5, 5.41) is 3.03. The van der Waals surface area contributed by atoms with Crippen molar-refractivity contribution in [3.8, 4) is 17.0 Å². The molecule has 2 aliphatic heterocycles. The molecule has 4 rings (SSSR count). The van der Waals surface area contributed by atoms with Crippen LogP contribution in [0.1, 0.15) is 98.4 Å². The minimum absolute atomic E-state index is 0.0347. The first-order valence-corrected chi connectivity index (χ1v) is 18.0. The van der Waals surface area contributed by atoms with Gasteiger partial charge in [-0.15, -0.1) is 0 Å². The number of piperidine rings is 1. The van der Waals surface area contributed by atoms with Crippen LogP contribution < -0.4 is 19.7 Å². The van der Waals surface area contributed by atoms with Crippen molar-refractivity contribution in [3.63, 3.8) is 0 Å². The molecule has 1 aromatic heterocycles. The van der Waals surface area contributed by atoms with Crippen LogP contribution in [0.5, 0.6) is 5.75 Å². The number of nitrogens with zero attached hydrogens (tertiary/aromatic N) is 3. The molecule has 0 radical (unpaired) electrons. The minimum Gasteiger partial charge on any atom is -0.493 e. The molecule has 0 spiro atoms. The average Bonchev–Trinajstić information content (AvgIpc) is 3.20. The number of nitrogens with one attached hydrogen (secondary N) is 2. The summed E-state index contributed by atoms with van der Waals surface area (Å²) in [5.41, 5.74) is -0.337. The number of ether oxygens (including phenoxy) is 1. The first-order valence-electron chi connectivity index (χ1n) is 16.5. The van der Waals surface area contributed by atoms with Crippen LogP contribution in [0.4, 0.5) is 10.2 Å². The van der Waals surface area contributed by atoms with Crippen molar-refractivity contribution in [2.45, 2.75) is 99.1 Å². The summed E-state index contributed by atoms with van der Waals surface area (Å²) in [4.78, 5) is 33.5. The van der Waals surface area contributed by atoms with E-state index in [-0.39, 0.29) is 41.4 Å². The van der Waals surface area contributed by atoms with E-state index in [1.807, 2.05) is 46.4 Å². The van der Waals surface area contributed by atoms with Gasteiger partial charge in [0.25, 0.3) is 5.91 Å². The summed E-state index contributed by atoms with van der Waals surface area (Å²) in [6.45, 7) is 19.3. The third kappa shape index (κ3) is 9.43. The van der Waals surface area contributed by atoms with E-state index in [2.05, 4.69) is 30.8 Å². The van der Waals surface area contributed by atoms with Crippen LogP contribution in [0.2, 0.25) is 0 Å². The van der Waals surface area contributed by atoms with E-state index < -0.39 is 27.5 Å². The zero-order chi connectivity index (χ0) is 34.9. The molecule has 2 N–H and O–H groups in total. The molecule has 47 heavy (non-hydrogen) atoms. The second-order valence-electron chi connectivity index (χ2n) is 15.9. The van der Waals surface area contributed by atoms with Crippen molar-refractivity contribution in [3.05, 3.63) is 41.7 Å². The molecule has 2 aliphatic rings. The van der Waals surface area contributed by atoms with Gasteiger partial charge < -0.3 is 15.0 Å². The lowest BCUT2D eigenvalue weighted by Crippen LogP contribution is -2.60. The van der Waals surface area contributed by atoms with Crippen LogP contribution in [0, 0.1) is 23.1 Å². The third-order valence-corrected chi connectivity index (χ3v) is 9.99. The van der Waals surface area contributed by atoms with Crippen LogP contribution in [-0.2, 0) is 15.0 Å². The molecule has 2 unspecified atom stereocenters. The number of halogens is 1. The maximum Gasteiger partial charge on any atom is 0.304 e. The van der Waals surface area contributed by atoms with Crippen LogP contribution in [0.3, 0.4) is 0 Å². The number of carbonyl (C=O) groups is 2. The fourth-order valence-electron chi connectivity index (χ4n) is 6.61. The van der Waals surface area contributed by atoms with Gasteiger partial charge in [-0.3, -0.25) is 9.59 Å². The maximum atomic E-state index is 14.7. The van der Waals surface area contributed by atoms with Gasteiger partial charge >= 0.3 is 10.2 Å². The Balaban J connectivity index is 1.64. The molecule has 2 atom stereocenters. The summed E-state index contributed by atoms with van der Waals surface area (Å²) < 4.78 is 51.3. The highest BCUT2D eigenvalue weighted by Crippen LogP contribution is 2.39. The molecule has 12 heteroatoms. The number of rotatable bonds is 10. The van der Waals surface area contributed by atoms with E-state index in [0.717, 1.165) is 6.42 Å². The van der Waals surface area contributed by atoms with Crippen molar-refractivity contribution in [2.75, 3.05) is 31.1 Å². The van der Waals surface area contributed by atoms with Gasteiger partial charge in [0.15, 0.2) is 0 Å². The monoisotopic (exact) mass is 673 g/mol. The van der Waals surface area contributed by atoms with E-state index in [1.54, 1.807) is 18.2 Å². The van der Waals surface area contributed by atoms with Crippen molar-refractivity contribution >= 4 is 27.8 Å². The van der Waals surface area contributed by atoms with Gasteiger partial charge in [0.05, 0.1) is 23.4 Å². The summed E-state index contributed by atoms with van der Waals surface area (Å²) in [6, 6.07) is 7.55. The van der Waals surface area contributed by atoms with Gasteiger partial charge in [0, 0.05) is 43.2 Å². The molecule has 0 bridgehead atoms. The predicted molar refractivity (Wildman–Crippen MR) is 183 cm³/mol. The molecule has 1 aromatic carbocycles. The smallest absolute Gasteiger partial charge is 0.304 e. The predicted octanol–water partition coefficient (Wildman–Crippen LogP) is 5.93. The van der Waals surface area contributed by atoms with Crippen molar-refractivity contribution in [2.24, 2.45) is 17.3 Å². The highest BCUT2D eigenvalue weighted by Gasteiger charge is 2.41. The van der Waals surface area contributed by atoms with Crippen molar-refractivity contribution in [1.82, 2.24) is 19.3 Å². The first-order chi connectivity index (χ1) is 21.7. The molecule has 3 heterocycles. The normalized spacial score (nSPS) is 21.9. The number of pyridine rings is 1. The van der Waals surface area contributed by atoms with E-state index >= 15 is 0 Å². The van der Waals surface area contributed by atoms with E-state index in [9.17, 15) is 22.4 Å². The van der Waals surface area contributed by atoms with Crippen LogP contribution in [0.25, 0.3) is 11.3 Å². The van der Waals surface area contributed by atoms with Gasteiger partial charge in [-0.2, -0.15) is 12.7 Å². The highest BCUT2D eigenvalue weighted by atomic mass is 32.2. The Morgan fingerprint density at radius 2 is 1.85 bits per heavy atom. The van der Waals surface area contributed by atoms with Crippen LogP contribution >= 0.6 is 0 Å². The van der Waals surface area contributed by atoms with Crippen molar-refractivity contribution in [1.29, 1.82) is 0 Å². The minimum atomic E-state index is -4.27. The van der Waals surface area contributed by atoms with Gasteiger partial charge in [-0.05, 0) is 81.5 Å². The molecule has 0 aliphatic carbocycles. The number of aromatic nitrogens is 1. The fraction of sp³-hybridized carbons (Fsp3) is 0.629. The number of benzene rings is 1. The molecular formula is C35H52FN5O5S. The Morgan fingerprint density at radius 3 is 2.47 bits per heavy atom. The number of amides is 2. The Hall–Kier alpha value is -3.25. The molecule has 2 fully saturated rings. The van der Waals surface area contributed by atoms with Gasteiger partial charge in [0.1, 0.15) is 17.4 Å². The van der Waals surface area contributed by atoms with Gasteiger partial charge in [-0.1, -0.05) is 41.5 Å². The Morgan fingerprint density at radius 1 is 1.15 bits per heavy atom. The number of hydrogen-bond acceptors (Lipinski definition) is 7. The van der Waals surface area contributed by atoms with Crippen LogP contribution in [-0.4, -0.2) is 66.8 Å². The average molecular weight is 674 g/mol. The molecule has 260 valence electrons. The number of anilines is 1. The molecule has 0 saturated carbocycles. The lowest BCUT2D eigenvalue weighted by Gasteiger charge is -2.40. The lowest BCUT2D eigenvalue weighted by molar-refractivity contribution is -0.125. The summed E-state index contributed by atoms with van der Waals surface area (Å²) in [6.07, 6.45) is 2.30. The largest absolute Gasteiger partial charge is 0.493 e. The zero-order valence-electron chi connectivity index (χ0n) is 29.4. The molecule has 2 saturated heterocycles.